The van der Waals surface area contributed by atoms with Gasteiger partial charge < -0.3 is 10.5 Å². The largest absolute Gasteiger partial charge is 0.497 e. The molecule has 0 radical (unpaired) electrons. The summed E-state index contributed by atoms with van der Waals surface area (Å²) in [5, 5.41) is 0. The molecule has 0 aliphatic rings. The van der Waals surface area contributed by atoms with Crippen molar-refractivity contribution in [2.24, 2.45) is 5.73 Å². The first-order chi connectivity index (χ1) is 5.95. The minimum Gasteiger partial charge on any atom is -0.497 e. The zero-order chi connectivity index (χ0) is 10.1. The third-order valence-corrected chi connectivity index (χ3v) is 2.13. The minimum absolute atomic E-state index is 0.281. The van der Waals surface area contributed by atoms with Crippen LogP contribution in [-0.2, 0) is 5.54 Å². The Morgan fingerprint density at radius 2 is 1.92 bits per heavy atom. The first-order valence-corrected chi connectivity index (χ1v) is 4.39. The molecule has 0 spiro atoms. The van der Waals surface area contributed by atoms with Crippen molar-refractivity contribution < 1.29 is 4.74 Å². The van der Waals surface area contributed by atoms with E-state index in [2.05, 4.69) is 0 Å². The smallest absolute Gasteiger partial charge is 0.119 e. The van der Waals surface area contributed by atoms with E-state index < -0.39 is 0 Å². The number of nitrogens with two attached hydrogens (primary N) is 1. The first-order valence-electron chi connectivity index (χ1n) is 4.39. The second-order valence-electron chi connectivity index (χ2n) is 3.90. The molecule has 0 amide bonds. The Labute approximate surface area is 79.7 Å². The van der Waals surface area contributed by atoms with Crippen molar-refractivity contribution in [2.45, 2.75) is 26.3 Å². The number of methoxy groups -OCH3 is 1. The number of benzene rings is 1. The monoisotopic (exact) mass is 179 g/mol. The van der Waals surface area contributed by atoms with E-state index in [4.69, 9.17) is 10.5 Å². The summed E-state index contributed by atoms with van der Waals surface area (Å²) in [4.78, 5) is 0. The van der Waals surface area contributed by atoms with E-state index in [1.165, 1.54) is 5.56 Å². The Morgan fingerprint density at radius 1 is 1.31 bits per heavy atom. The third-order valence-electron chi connectivity index (χ3n) is 2.13. The normalized spacial score (nSPS) is 11.5. The van der Waals surface area contributed by atoms with Crippen LogP contribution in [0.3, 0.4) is 0 Å². The maximum absolute atomic E-state index is 6.01. The number of hydrogen-bond donors (Lipinski definition) is 1. The van der Waals surface area contributed by atoms with Gasteiger partial charge >= 0.3 is 0 Å². The summed E-state index contributed by atoms with van der Waals surface area (Å²) in [6, 6.07) is 5.97. The average molecular weight is 179 g/mol. The molecule has 0 unspecified atom stereocenters. The van der Waals surface area contributed by atoms with Crippen LogP contribution in [0.4, 0.5) is 0 Å². The Bertz CT molecular complexity index is 299. The van der Waals surface area contributed by atoms with Gasteiger partial charge in [-0.25, -0.2) is 0 Å². The average Bonchev–Trinajstić information content (AvgIpc) is 2.01. The lowest BCUT2D eigenvalue weighted by molar-refractivity contribution is 0.413. The quantitative estimate of drug-likeness (QED) is 0.755. The number of hydrogen-bond acceptors (Lipinski definition) is 2. The molecule has 0 saturated carbocycles. The topological polar surface area (TPSA) is 35.2 Å². The molecule has 1 aromatic carbocycles. The summed E-state index contributed by atoms with van der Waals surface area (Å²) in [5.74, 6) is 0.880. The Morgan fingerprint density at radius 3 is 2.31 bits per heavy atom. The molecule has 0 fully saturated rings. The van der Waals surface area contributed by atoms with Crippen molar-refractivity contribution in [3.8, 4) is 5.75 Å². The molecule has 0 heterocycles. The van der Waals surface area contributed by atoms with E-state index in [1.54, 1.807) is 7.11 Å². The second kappa shape index (κ2) is 3.38. The summed E-state index contributed by atoms with van der Waals surface area (Å²) in [6.07, 6.45) is 0. The highest BCUT2D eigenvalue weighted by atomic mass is 16.5. The minimum atomic E-state index is -0.281. The van der Waals surface area contributed by atoms with E-state index >= 15 is 0 Å². The fourth-order valence-electron chi connectivity index (χ4n) is 1.49. The molecule has 2 N–H and O–H groups in total. The van der Waals surface area contributed by atoms with E-state index in [9.17, 15) is 0 Å². The summed E-state index contributed by atoms with van der Waals surface area (Å²) >= 11 is 0. The van der Waals surface area contributed by atoms with Crippen molar-refractivity contribution in [3.05, 3.63) is 29.3 Å². The SMILES string of the molecule is COc1ccc(C(C)(C)N)c(C)c1. The van der Waals surface area contributed by atoms with Crippen molar-refractivity contribution >= 4 is 0 Å². The van der Waals surface area contributed by atoms with E-state index in [1.807, 2.05) is 39.0 Å². The lowest BCUT2D eigenvalue weighted by Gasteiger charge is -2.21. The summed E-state index contributed by atoms with van der Waals surface area (Å²) in [5.41, 5.74) is 8.06. The fraction of sp³-hybridized carbons (Fsp3) is 0.455. The molecule has 13 heavy (non-hydrogen) atoms. The van der Waals surface area contributed by atoms with Gasteiger partial charge in [0, 0.05) is 5.54 Å². The Kier molecular flexibility index (Phi) is 2.62. The van der Waals surface area contributed by atoms with E-state index in [0.29, 0.717) is 0 Å². The zero-order valence-corrected chi connectivity index (χ0v) is 8.72. The molecular formula is C11H17NO. The summed E-state index contributed by atoms with van der Waals surface area (Å²) < 4.78 is 5.12. The molecular weight excluding hydrogens is 162 g/mol. The van der Waals surface area contributed by atoms with Gasteiger partial charge in [-0.2, -0.15) is 0 Å². The highest BCUT2D eigenvalue weighted by Gasteiger charge is 2.16. The number of aryl methyl sites for hydroxylation is 1. The molecule has 0 bridgehead atoms. The number of rotatable bonds is 2. The van der Waals surface area contributed by atoms with Gasteiger partial charge in [-0.1, -0.05) is 6.07 Å². The maximum atomic E-state index is 6.01. The van der Waals surface area contributed by atoms with Gasteiger partial charge in [0.2, 0.25) is 0 Å². The Balaban J connectivity index is 3.13. The third kappa shape index (κ3) is 2.22. The Hall–Kier alpha value is -1.02. The lowest BCUT2D eigenvalue weighted by Crippen LogP contribution is -2.29. The van der Waals surface area contributed by atoms with Crippen LogP contribution in [0, 0.1) is 6.92 Å². The summed E-state index contributed by atoms with van der Waals surface area (Å²) in [7, 11) is 1.67. The molecule has 0 aromatic heterocycles. The number of ether oxygens (including phenoxy) is 1. The van der Waals surface area contributed by atoms with Crippen LogP contribution in [0.5, 0.6) is 5.75 Å². The molecule has 72 valence electrons. The molecule has 2 heteroatoms. The van der Waals surface area contributed by atoms with Gasteiger partial charge in [-0.05, 0) is 44.0 Å². The standard InChI is InChI=1S/C11H17NO/c1-8-7-9(13-4)5-6-10(8)11(2,3)12/h5-7H,12H2,1-4H3. The van der Waals surface area contributed by atoms with Crippen LogP contribution in [0.25, 0.3) is 0 Å². The predicted octanol–water partition coefficient (Wildman–Crippen LogP) is 2.20. The molecule has 0 atom stereocenters. The van der Waals surface area contributed by atoms with Gasteiger partial charge in [0.15, 0.2) is 0 Å². The molecule has 0 aliphatic carbocycles. The second-order valence-corrected chi connectivity index (χ2v) is 3.90. The predicted molar refractivity (Wildman–Crippen MR) is 54.9 cm³/mol. The highest BCUT2D eigenvalue weighted by Crippen LogP contribution is 2.24. The van der Waals surface area contributed by atoms with Crippen molar-refractivity contribution in [2.75, 3.05) is 7.11 Å². The summed E-state index contributed by atoms with van der Waals surface area (Å²) in [6.45, 7) is 6.05. The van der Waals surface area contributed by atoms with Crippen molar-refractivity contribution in [1.29, 1.82) is 0 Å². The van der Waals surface area contributed by atoms with Crippen LogP contribution in [0.2, 0.25) is 0 Å². The van der Waals surface area contributed by atoms with E-state index in [-0.39, 0.29) is 5.54 Å². The molecule has 0 aliphatic heterocycles. The van der Waals surface area contributed by atoms with Crippen molar-refractivity contribution in [3.63, 3.8) is 0 Å². The molecule has 1 aromatic rings. The van der Waals surface area contributed by atoms with Crippen LogP contribution >= 0.6 is 0 Å². The molecule has 2 nitrogen and oxygen atoms in total. The van der Waals surface area contributed by atoms with Gasteiger partial charge in [0.1, 0.15) is 5.75 Å². The van der Waals surface area contributed by atoms with Gasteiger partial charge in [0.25, 0.3) is 0 Å². The van der Waals surface area contributed by atoms with Crippen molar-refractivity contribution in [1.82, 2.24) is 0 Å². The fourth-order valence-corrected chi connectivity index (χ4v) is 1.49. The van der Waals surface area contributed by atoms with Crippen LogP contribution in [0.15, 0.2) is 18.2 Å². The zero-order valence-electron chi connectivity index (χ0n) is 8.72. The first kappa shape index (κ1) is 10.1. The van der Waals surface area contributed by atoms with Gasteiger partial charge in [-0.15, -0.1) is 0 Å². The van der Waals surface area contributed by atoms with E-state index in [0.717, 1.165) is 11.3 Å². The van der Waals surface area contributed by atoms with Crippen LogP contribution in [-0.4, -0.2) is 7.11 Å². The molecule has 1 rings (SSSR count). The van der Waals surface area contributed by atoms with Gasteiger partial charge in [0.05, 0.1) is 7.11 Å². The van der Waals surface area contributed by atoms with Crippen LogP contribution < -0.4 is 10.5 Å². The lowest BCUT2D eigenvalue weighted by atomic mass is 9.91. The highest BCUT2D eigenvalue weighted by molar-refractivity contribution is 5.38. The van der Waals surface area contributed by atoms with Crippen LogP contribution in [0.1, 0.15) is 25.0 Å². The van der Waals surface area contributed by atoms with Gasteiger partial charge in [-0.3, -0.25) is 0 Å². The molecule has 0 saturated heterocycles. The maximum Gasteiger partial charge on any atom is 0.119 e.